The zero-order valence-corrected chi connectivity index (χ0v) is 14.5. The first-order chi connectivity index (χ1) is 12.2. The van der Waals surface area contributed by atoms with E-state index in [0.717, 1.165) is 37.4 Å². The summed E-state index contributed by atoms with van der Waals surface area (Å²) in [5.41, 5.74) is 2.30. The molecule has 1 saturated heterocycles. The Hall–Kier alpha value is -2.40. The summed E-state index contributed by atoms with van der Waals surface area (Å²) in [4.78, 5) is 19.6. The Morgan fingerprint density at radius 2 is 2.12 bits per heavy atom. The monoisotopic (exact) mass is 337 g/mol. The summed E-state index contributed by atoms with van der Waals surface area (Å²) in [6.07, 6.45) is 7.34. The van der Waals surface area contributed by atoms with E-state index in [2.05, 4.69) is 18.0 Å². The Balaban J connectivity index is 1.60. The van der Waals surface area contributed by atoms with Gasteiger partial charge in [0.05, 0.1) is 5.92 Å². The molecule has 1 aromatic heterocycles. The van der Waals surface area contributed by atoms with Gasteiger partial charge in [0.25, 0.3) is 0 Å². The Morgan fingerprint density at radius 3 is 2.92 bits per heavy atom. The fraction of sp³-hybridized carbons (Fsp3) is 0.400. The average molecular weight is 337 g/mol. The third kappa shape index (κ3) is 3.12. The summed E-state index contributed by atoms with van der Waals surface area (Å²) in [6, 6.07) is 10.1. The summed E-state index contributed by atoms with van der Waals surface area (Å²) in [6.45, 7) is 4.22. The van der Waals surface area contributed by atoms with Gasteiger partial charge in [0.15, 0.2) is 0 Å². The van der Waals surface area contributed by atoms with Crippen molar-refractivity contribution < 1.29 is 9.53 Å². The third-order valence-corrected chi connectivity index (χ3v) is 5.01. The number of ether oxygens (including phenoxy) is 1. The van der Waals surface area contributed by atoms with Crippen molar-refractivity contribution >= 4 is 5.91 Å². The van der Waals surface area contributed by atoms with Gasteiger partial charge in [-0.05, 0) is 31.9 Å². The van der Waals surface area contributed by atoms with E-state index < -0.39 is 0 Å². The standard InChI is InChI=1S/C20H23N3O2/c1-15-6-5-11-22(14-15)20(24)17-9-13-25-18(17)19-21-10-12-23(19)16-7-3-2-4-8-16/h2-4,6-8,10,12,17-18H,5,9,11,13-14H2,1H3/t17-,18-/m1/s1. The Labute approximate surface area is 147 Å². The van der Waals surface area contributed by atoms with Crippen LogP contribution in [-0.2, 0) is 9.53 Å². The molecule has 0 spiro atoms. The van der Waals surface area contributed by atoms with Crippen LogP contribution in [0.4, 0.5) is 0 Å². The molecule has 4 rings (SSSR count). The number of amides is 1. The number of para-hydroxylation sites is 1. The van der Waals surface area contributed by atoms with Gasteiger partial charge >= 0.3 is 0 Å². The lowest BCUT2D eigenvalue weighted by Gasteiger charge is -2.30. The van der Waals surface area contributed by atoms with Gasteiger partial charge in [-0.25, -0.2) is 4.98 Å². The van der Waals surface area contributed by atoms with E-state index in [9.17, 15) is 4.79 Å². The van der Waals surface area contributed by atoms with Crippen molar-refractivity contribution in [3.8, 4) is 5.69 Å². The lowest BCUT2D eigenvalue weighted by atomic mass is 9.97. The quantitative estimate of drug-likeness (QED) is 0.809. The van der Waals surface area contributed by atoms with E-state index in [1.54, 1.807) is 6.20 Å². The second kappa shape index (κ2) is 6.84. The molecule has 0 unspecified atom stereocenters. The predicted octanol–water partition coefficient (Wildman–Crippen LogP) is 3.13. The molecule has 25 heavy (non-hydrogen) atoms. The average Bonchev–Trinajstić information content (AvgIpc) is 3.30. The highest BCUT2D eigenvalue weighted by Crippen LogP contribution is 2.36. The van der Waals surface area contributed by atoms with Gasteiger partial charge in [-0.15, -0.1) is 0 Å². The lowest BCUT2D eigenvalue weighted by Crippen LogP contribution is -2.40. The molecule has 0 aliphatic carbocycles. The van der Waals surface area contributed by atoms with Crippen LogP contribution in [0.25, 0.3) is 5.69 Å². The molecule has 5 nitrogen and oxygen atoms in total. The summed E-state index contributed by atoms with van der Waals surface area (Å²) >= 11 is 0. The van der Waals surface area contributed by atoms with E-state index in [1.807, 2.05) is 46.0 Å². The van der Waals surface area contributed by atoms with Crippen molar-refractivity contribution in [3.05, 3.63) is 60.2 Å². The molecule has 5 heteroatoms. The van der Waals surface area contributed by atoms with Gasteiger partial charge in [0.2, 0.25) is 5.91 Å². The smallest absolute Gasteiger partial charge is 0.229 e. The fourth-order valence-electron chi connectivity index (χ4n) is 3.76. The molecule has 2 aliphatic rings. The topological polar surface area (TPSA) is 47.4 Å². The number of benzene rings is 1. The van der Waals surface area contributed by atoms with E-state index in [1.165, 1.54) is 5.57 Å². The first-order valence-electron chi connectivity index (χ1n) is 8.89. The maximum Gasteiger partial charge on any atom is 0.229 e. The minimum Gasteiger partial charge on any atom is -0.369 e. The second-order valence-corrected chi connectivity index (χ2v) is 6.78. The maximum atomic E-state index is 13.1. The molecule has 1 fully saturated rings. The first kappa shape index (κ1) is 16.1. The molecule has 0 saturated carbocycles. The number of imidazole rings is 1. The van der Waals surface area contributed by atoms with Crippen LogP contribution in [0.3, 0.4) is 0 Å². The van der Waals surface area contributed by atoms with Crippen molar-refractivity contribution in [2.45, 2.75) is 25.9 Å². The summed E-state index contributed by atoms with van der Waals surface area (Å²) < 4.78 is 7.99. The predicted molar refractivity (Wildman–Crippen MR) is 95.3 cm³/mol. The summed E-state index contributed by atoms with van der Waals surface area (Å²) in [7, 11) is 0. The molecular weight excluding hydrogens is 314 g/mol. The van der Waals surface area contributed by atoms with Crippen molar-refractivity contribution in [2.75, 3.05) is 19.7 Å². The third-order valence-electron chi connectivity index (χ3n) is 5.01. The van der Waals surface area contributed by atoms with Gasteiger partial charge in [-0.2, -0.15) is 0 Å². The van der Waals surface area contributed by atoms with E-state index in [0.29, 0.717) is 6.61 Å². The van der Waals surface area contributed by atoms with Gasteiger partial charge < -0.3 is 14.2 Å². The molecule has 2 aromatic rings. The Kier molecular flexibility index (Phi) is 4.40. The first-order valence-corrected chi connectivity index (χ1v) is 8.89. The van der Waals surface area contributed by atoms with Crippen molar-refractivity contribution in [1.29, 1.82) is 0 Å². The van der Waals surface area contributed by atoms with Gasteiger partial charge in [0.1, 0.15) is 11.9 Å². The van der Waals surface area contributed by atoms with Gasteiger partial charge in [-0.3, -0.25) is 4.79 Å². The molecule has 0 bridgehead atoms. The number of carbonyl (C=O) groups excluding carboxylic acids is 1. The van der Waals surface area contributed by atoms with Crippen LogP contribution < -0.4 is 0 Å². The highest BCUT2D eigenvalue weighted by atomic mass is 16.5. The van der Waals surface area contributed by atoms with Crippen LogP contribution in [0.15, 0.2) is 54.4 Å². The number of carbonyl (C=O) groups is 1. The molecule has 2 aliphatic heterocycles. The number of hydrogen-bond donors (Lipinski definition) is 0. The molecule has 1 amide bonds. The van der Waals surface area contributed by atoms with Crippen LogP contribution in [0.5, 0.6) is 0 Å². The Morgan fingerprint density at radius 1 is 1.28 bits per heavy atom. The molecule has 1 aromatic carbocycles. The highest BCUT2D eigenvalue weighted by Gasteiger charge is 2.40. The van der Waals surface area contributed by atoms with Crippen molar-refractivity contribution in [2.24, 2.45) is 5.92 Å². The van der Waals surface area contributed by atoms with Crippen LogP contribution in [-0.4, -0.2) is 40.1 Å². The molecule has 130 valence electrons. The highest BCUT2D eigenvalue weighted by molar-refractivity contribution is 5.80. The molecule has 2 atom stereocenters. The van der Waals surface area contributed by atoms with E-state index in [4.69, 9.17) is 4.74 Å². The normalized spacial score (nSPS) is 23.6. The minimum absolute atomic E-state index is 0.157. The van der Waals surface area contributed by atoms with Crippen molar-refractivity contribution in [1.82, 2.24) is 14.5 Å². The molecule has 0 N–H and O–H groups in total. The van der Waals surface area contributed by atoms with Gasteiger partial charge in [-0.1, -0.05) is 29.8 Å². The number of nitrogens with zero attached hydrogens (tertiary/aromatic N) is 3. The van der Waals surface area contributed by atoms with Crippen LogP contribution in [0.2, 0.25) is 0 Å². The summed E-state index contributed by atoms with van der Waals surface area (Å²) in [5.74, 6) is 0.847. The Bertz CT molecular complexity index is 781. The lowest BCUT2D eigenvalue weighted by molar-refractivity contribution is -0.137. The van der Waals surface area contributed by atoms with Crippen LogP contribution in [0, 0.1) is 5.92 Å². The van der Waals surface area contributed by atoms with Crippen LogP contribution >= 0.6 is 0 Å². The van der Waals surface area contributed by atoms with Gasteiger partial charge in [0, 0.05) is 37.8 Å². The number of aromatic nitrogens is 2. The summed E-state index contributed by atoms with van der Waals surface area (Å²) in [5, 5.41) is 0. The fourth-order valence-corrected chi connectivity index (χ4v) is 3.76. The molecular formula is C20H23N3O2. The zero-order chi connectivity index (χ0) is 17.2. The maximum absolute atomic E-state index is 13.1. The minimum atomic E-state index is -0.283. The van der Waals surface area contributed by atoms with E-state index >= 15 is 0 Å². The van der Waals surface area contributed by atoms with Crippen LogP contribution in [0.1, 0.15) is 31.7 Å². The number of hydrogen-bond acceptors (Lipinski definition) is 3. The SMILES string of the molecule is CC1=CCCN(C(=O)[C@@H]2CCO[C@H]2c2nccn2-c2ccccc2)C1. The largest absolute Gasteiger partial charge is 0.369 e. The zero-order valence-electron chi connectivity index (χ0n) is 14.5. The molecule has 3 heterocycles. The van der Waals surface area contributed by atoms with E-state index in [-0.39, 0.29) is 17.9 Å². The second-order valence-electron chi connectivity index (χ2n) is 6.78. The number of rotatable bonds is 3. The van der Waals surface area contributed by atoms with Crippen molar-refractivity contribution in [3.63, 3.8) is 0 Å². The molecule has 0 radical (unpaired) electrons.